The minimum atomic E-state index is -0.516. The number of ether oxygens (including phenoxy) is 1. The first-order chi connectivity index (χ1) is 15.5. The molecule has 162 valence electrons. The van der Waals surface area contributed by atoms with E-state index in [0.29, 0.717) is 29.8 Å². The molecule has 0 fully saturated rings. The van der Waals surface area contributed by atoms with Gasteiger partial charge in [-0.3, -0.25) is 4.79 Å². The summed E-state index contributed by atoms with van der Waals surface area (Å²) >= 11 is 0. The Morgan fingerprint density at radius 2 is 1.78 bits per heavy atom. The lowest BCUT2D eigenvalue weighted by atomic mass is 9.90. The van der Waals surface area contributed by atoms with Crippen molar-refractivity contribution in [2.45, 2.75) is 26.8 Å². The number of fused-ring (bicyclic) bond motifs is 1. The lowest BCUT2D eigenvalue weighted by molar-refractivity contribution is -0.109. The lowest BCUT2D eigenvalue weighted by Gasteiger charge is -2.13. The van der Waals surface area contributed by atoms with Crippen LogP contribution in [0.1, 0.15) is 45.2 Å². The molecule has 0 atom stereocenters. The number of aromatic nitrogens is 1. The fourth-order valence-corrected chi connectivity index (χ4v) is 4.07. The number of allylic oxidation sites excluding steroid dienone is 2. The molecule has 0 spiro atoms. The van der Waals surface area contributed by atoms with Gasteiger partial charge in [-0.25, -0.2) is 4.79 Å². The largest absolute Gasteiger partial charge is 0.494 e. The molecule has 0 unspecified atom stereocenters. The summed E-state index contributed by atoms with van der Waals surface area (Å²) in [6, 6.07) is 17.5. The van der Waals surface area contributed by atoms with E-state index >= 15 is 0 Å². The number of aromatic hydroxyl groups is 1. The molecule has 1 aliphatic rings. The minimum Gasteiger partial charge on any atom is -0.494 e. The summed E-state index contributed by atoms with van der Waals surface area (Å²) in [7, 11) is 0. The SMILES string of the molecule is CCOC(=O)c1c(/C=C2\C(=O)C=Cc3ccccc32)c(O)n(CCc2ccccc2)c1C. The van der Waals surface area contributed by atoms with E-state index in [4.69, 9.17) is 4.74 Å². The first kappa shape index (κ1) is 21.4. The van der Waals surface area contributed by atoms with E-state index in [1.165, 1.54) is 6.08 Å². The van der Waals surface area contributed by atoms with E-state index in [1.807, 2.05) is 54.6 Å². The van der Waals surface area contributed by atoms with Crippen molar-refractivity contribution >= 4 is 29.5 Å². The number of rotatable bonds is 6. The Morgan fingerprint density at radius 1 is 1.06 bits per heavy atom. The summed E-state index contributed by atoms with van der Waals surface area (Å²) < 4.78 is 6.98. The predicted molar refractivity (Wildman–Crippen MR) is 125 cm³/mol. The van der Waals surface area contributed by atoms with Crippen molar-refractivity contribution in [2.75, 3.05) is 6.61 Å². The van der Waals surface area contributed by atoms with Crippen molar-refractivity contribution in [1.82, 2.24) is 4.57 Å². The smallest absolute Gasteiger partial charge is 0.340 e. The van der Waals surface area contributed by atoms with Crippen LogP contribution >= 0.6 is 0 Å². The van der Waals surface area contributed by atoms with Crippen LogP contribution in [-0.2, 0) is 22.5 Å². The highest BCUT2D eigenvalue weighted by atomic mass is 16.5. The van der Waals surface area contributed by atoms with Crippen LogP contribution in [0.15, 0.2) is 60.7 Å². The zero-order valence-electron chi connectivity index (χ0n) is 18.2. The standard InChI is InChI=1S/C27H25NO4/c1-3-32-27(31)25-18(2)28(16-15-19-9-5-4-6-10-19)26(30)23(25)17-22-21-12-8-7-11-20(21)13-14-24(22)29/h4-14,17,30H,3,15-16H2,1-2H3/b22-17-. The van der Waals surface area contributed by atoms with Gasteiger partial charge in [-0.1, -0.05) is 60.7 Å². The number of carbonyl (C=O) groups is 2. The van der Waals surface area contributed by atoms with Gasteiger partial charge in [0.2, 0.25) is 0 Å². The molecule has 3 aromatic rings. The summed E-state index contributed by atoms with van der Waals surface area (Å²) in [4.78, 5) is 25.5. The maximum absolute atomic E-state index is 12.8. The third-order valence-electron chi connectivity index (χ3n) is 5.70. The molecule has 1 N–H and O–H groups in total. The highest BCUT2D eigenvalue weighted by molar-refractivity contribution is 6.33. The van der Waals surface area contributed by atoms with Gasteiger partial charge < -0.3 is 14.4 Å². The third kappa shape index (κ3) is 4.02. The van der Waals surface area contributed by atoms with E-state index in [0.717, 1.165) is 16.7 Å². The van der Waals surface area contributed by atoms with Gasteiger partial charge >= 0.3 is 5.97 Å². The van der Waals surface area contributed by atoms with E-state index < -0.39 is 5.97 Å². The molecular weight excluding hydrogens is 402 g/mol. The average Bonchev–Trinajstić information content (AvgIpc) is 3.04. The van der Waals surface area contributed by atoms with Crippen LogP contribution in [0, 0.1) is 6.92 Å². The highest BCUT2D eigenvalue weighted by Crippen LogP contribution is 2.35. The number of carbonyl (C=O) groups excluding carboxylic acids is 2. The molecule has 0 aliphatic heterocycles. The second kappa shape index (κ2) is 9.10. The highest BCUT2D eigenvalue weighted by Gasteiger charge is 2.27. The van der Waals surface area contributed by atoms with Crippen molar-refractivity contribution in [1.29, 1.82) is 0 Å². The van der Waals surface area contributed by atoms with E-state index in [9.17, 15) is 14.7 Å². The number of benzene rings is 2. The third-order valence-corrected chi connectivity index (χ3v) is 5.70. The summed E-state index contributed by atoms with van der Waals surface area (Å²) in [6.07, 6.45) is 5.58. The molecule has 5 heteroatoms. The van der Waals surface area contributed by atoms with Crippen molar-refractivity contribution in [3.8, 4) is 5.88 Å². The summed E-state index contributed by atoms with van der Waals surface area (Å²) in [5.41, 5.74) is 4.44. The predicted octanol–water partition coefficient (Wildman–Crippen LogP) is 5.06. The van der Waals surface area contributed by atoms with Gasteiger partial charge in [-0.2, -0.15) is 0 Å². The Kier molecular flexibility index (Phi) is 6.08. The summed E-state index contributed by atoms with van der Waals surface area (Å²) in [5.74, 6) is -0.737. The number of ketones is 1. The Hall–Kier alpha value is -3.86. The Morgan fingerprint density at radius 3 is 2.53 bits per heavy atom. The second-order valence-corrected chi connectivity index (χ2v) is 7.65. The maximum Gasteiger partial charge on any atom is 0.340 e. The molecule has 0 amide bonds. The molecular formula is C27H25NO4. The Labute approximate surface area is 187 Å². The van der Waals surface area contributed by atoms with Crippen LogP contribution < -0.4 is 0 Å². The zero-order chi connectivity index (χ0) is 22.7. The molecule has 0 saturated carbocycles. The molecule has 5 nitrogen and oxygen atoms in total. The van der Waals surface area contributed by atoms with Crippen LogP contribution in [0.2, 0.25) is 0 Å². The maximum atomic E-state index is 12.8. The average molecular weight is 428 g/mol. The minimum absolute atomic E-state index is 0.0474. The quantitative estimate of drug-likeness (QED) is 0.441. The van der Waals surface area contributed by atoms with Crippen LogP contribution in [-0.4, -0.2) is 28.0 Å². The molecule has 1 aromatic heterocycles. The first-order valence-corrected chi connectivity index (χ1v) is 10.7. The monoisotopic (exact) mass is 427 g/mol. The van der Waals surface area contributed by atoms with Crippen LogP contribution in [0.25, 0.3) is 17.7 Å². The summed E-state index contributed by atoms with van der Waals surface area (Å²) in [6.45, 7) is 4.23. The fraction of sp³-hybridized carbons (Fsp3) is 0.185. The molecule has 2 aromatic carbocycles. The van der Waals surface area contributed by atoms with Crippen molar-refractivity contribution in [2.24, 2.45) is 0 Å². The molecule has 32 heavy (non-hydrogen) atoms. The van der Waals surface area contributed by atoms with Gasteiger partial charge in [0.25, 0.3) is 0 Å². The van der Waals surface area contributed by atoms with Crippen molar-refractivity contribution in [3.63, 3.8) is 0 Å². The molecule has 1 heterocycles. The van der Waals surface area contributed by atoms with Gasteiger partial charge in [0, 0.05) is 17.8 Å². The lowest BCUT2D eigenvalue weighted by Crippen LogP contribution is -2.09. The zero-order valence-corrected chi connectivity index (χ0v) is 18.2. The second-order valence-electron chi connectivity index (χ2n) is 7.65. The van der Waals surface area contributed by atoms with Gasteiger partial charge in [0.15, 0.2) is 11.7 Å². The molecule has 1 aliphatic carbocycles. The van der Waals surface area contributed by atoms with Gasteiger partial charge in [-0.05, 0) is 49.1 Å². The van der Waals surface area contributed by atoms with Gasteiger partial charge in [0.05, 0.1) is 17.7 Å². The van der Waals surface area contributed by atoms with Crippen LogP contribution in [0.3, 0.4) is 0 Å². The fourth-order valence-electron chi connectivity index (χ4n) is 4.07. The van der Waals surface area contributed by atoms with E-state index in [2.05, 4.69) is 0 Å². The molecule has 4 rings (SSSR count). The van der Waals surface area contributed by atoms with Crippen LogP contribution in [0.5, 0.6) is 5.88 Å². The number of aryl methyl sites for hydroxylation is 1. The molecule has 0 radical (unpaired) electrons. The Balaban J connectivity index is 1.82. The van der Waals surface area contributed by atoms with Crippen molar-refractivity contribution in [3.05, 3.63) is 94.2 Å². The van der Waals surface area contributed by atoms with Crippen LogP contribution in [0.4, 0.5) is 0 Å². The number of hydrogen-bond donors (Lipinski definition) is 1. The van der Waals surface area contributed by atoms with E-state index in [-0.39, 0.29) is 23.8 Å². The van der Waals surface area contributed by atoms with Crippen molar-refractivity contribution < 1.29 is 19.4 Å². The number of esters is 1. The first-order valence-electron chi connectivity index (χ1n) is 10.7. The van der Waals surface area contributed by atoms with Gasteiger partial charge in [-0.15, -0.1) is 0 Å². The van der Waals surface area contributed by atoms with E-state index in [1.54, 1.807) is 30.6 Å². The summed E-state index contributed by atoms with van der Waals surface area (Å²) in [5, 5.41) is 11.1. The number of hydrogen-bond acceptors (Lipinski definition) is 4. The molecule has 0 saturated heterocycles. The molecule has 0 bridgehead atoms. The number of nitrogens with zero attached hydrogens (tertiary/aromatic N) is 1. The topological polar surface area (TPSA) is 68.5 Å². The Bertz CT molecular complexity index is 1230. The normalized spacial score (nSPS) is 13.9. The van der Waals surface area contributed by atoms with Gasteiger partial charge in [0.1, 0.15) is 0 Å².